The van der Waals surface area contributed by atoms with Crippen molar-refractivity contribution in [1.29, 1.82) is 0 Å². The van der Waals surface area contributed by atoms with Crippen molar-refractivity contribution in [2.75, 3.05) is 0 Å². The summed E-state index contributed by atoms with van der Waals surface area (Å²) in [4.78, 5) is 7.61. The molecule has 0 fully saturated rings. The molecule has 0 radical (unpaired) electrons. The number of halogens is 2. The van der Waals surface area contributed by atoms with Gasteiger partial charge < -0.3 is 0 Å². The molecule has 0 aliphatic heterocycles. The van der Waals surface area contributed by atoms with Crippen LogP contribution in [-0.4, -0.2) is 9.97 Å². The second-order valence-corrected chi connectivity index (χ2v) is 2.54. The highest BCUT2D eigenvalue weighted by Gasteiger charge is 2.07. The van der Waals surface area contributed by atoms with Crippen LogP contribution in [-0.2, 0) is 6.42 Å². The van der Waals surface area contributed by atoms with Gasteiger partial charge in [0.05, 0.1) is 5.69 Å². The average Bonchev–Trinajstić information content (AvgIpc) is 1.99. The lowest BCUT2D eigenvalue weighted by Crippen LogP contribution is -1.99. The lowest BCUT2D eigenvalue weighted by atomic mass is 10.4. The molecule has 1 aromatic rings. The summed E-state index contributed by atoms with van der Waals surface area (Å²) in [6, 6.07) is 0. The fourth-order valence-electron chi connectivity index (χ4n) is 0.737. The molecule has 4 heteroatoms. The Morgan fingerprint density at radius 3 is 2.55 bits per heavy atom. The first kappa shape index (κ1) is 8.40. The van der Waals surface area contributed by atoms with Crippen molar-refractivity contribution in [1.82, 2.24) is 9.97 Å². The Balaban J connectivity index is 3.21. The number of nitrogens with zero attached hydrogens (tertiary/aromatic N) is 2. The van der Waals surface area contributed by atoms with E-state index in [2.05, 4.69) is 9.97 Å². The van der Waals surface area contributed by atoms with Crippen molar-refractivity contribution in [2.24, 2.45) is 0 Å². The molecule has 0 spiro atoms. The third kappa shape index (κ3) is 1.66. The molecule has 0 N–H and O–H groups in total. The van der Waals surface area contributed by atoms with Crippen molar-refractivity contribution >= 4 is 11.6 Å². The molecule has 1 heterocycles. The first-order chi connectivity index (χ1) is 5.15. The summed E-state index contributed by atoms with van der Waals surface area (Å²) in [5.41, 5.74) is 0.307. The zero-order valence-electron chi connectivity index (χ0n) is 6.36. The van der Waals surface area contributed by atoms with Gasteiger partial charge >= 0.3 is 0 Å². The Hall–Kier alpha value is -0.700. The van der Waals surface area contributed by atoms with Crippen molar-refractivity contribution < 1.29 is 4.39 Å². The van der Waals surface area contributed by atoms with E-state index >= 15 is 0 Å². The van der Waals surface area contributed by atoms with Crippen LogP contribution >= 0.6 is 11.6 Å². The Labute approximate surface area is 69.4 Å². The van der Waals surface area contributed by atoms with E-state index in [0.717, 1.165) is 0 Å². The third-order valence-corrected chi connectivity index (χ3v) is 1.59. The molecular formula is C7H8ClFN2. The number of rotatable bonds is 1. The summed E-state index contributed by atoms with van der Waals surface area (Å²) in [5.74, 6) is 0.0535. The molecule has 60 valence electrons. The fourth-order valence-corrected chi connectivity index (χ4v) is 0.972. The maximum Gasteiger partial charge on any atom is 0.181 e. The van der Waals surface area contributed by atoms with Crippen molar-refractivity contribution in [3.05, 3.63) is 22.5 Å². The number of hydrogen-bond donors (Lipinski definition) is 0. The summed E-state index contributed by atoms with van der Waals surface area (Å²) in [6.45, 7) is 3.46. The molecule has 0 aromatic carbocycles. The van der Waals surface area contributed by atoms with Crippen molar-refractivity contribution in [3.63, 3.8) is 0 Å². The molecule has 1 rings (SSSR count). The molecule has 0 aliphatic rings. The van der Waals surface area contributed by atoms with Gasteiger partial charge in [0.15, 0.2) is 11.0 Å². The van der Waals surface area contributed by atoms with E-state index in [0.29, 0.717) is 17.9 Å². The minimum absolute atomic E-state index is 0.0886. The molecule has 0 aliphatic carbocycles. The molecular weight excluding hydrogens is 167 g/mol. The second kappa shape index (κ2) is 3.13. The summed E-state index contributed by atoms with van der Waals surface area (Å²) in [5, 5.41) is -0.0886. The van der Waals surface area contributed by atoms with Gasteiger partial charge in [-0.1, -0.05) is 18.5 Å². The smallest absolute Gasteiger partial charge is 0.181 e. The van der Waals surface area contributed by atoms with Crippen molar-refractivity contribution in [2.45, 2.75) is 20.3 Å². The summed E-state index contributed by atoms with van der Waals surface area (Å²) < 4.78 is 12.8. The molecule has 0 saturated carbocycles. The Kier molecular flexibility index (Phi) is 2.39. The van der Waals surface area contributed by atoms with E-state index in [1.165, 1.54) is 0 Å². The SMILES string of the molecule is CCc1nc(C)c(F)c(Cl)n1. The normalized spacial score (nSPS) is 10.2. The summed E-state index contributed by atoms with van der Waals surface area (Å²) >= 11 is 5.47. The molecule has 2 nitrogen and oxygen atoms in total. The van der Waals surface area contributed by atoms with Crippen LogP contribution in [0.15, 0.2) is 0 Å². The predicted octanol–water partition coefficient (Wildman–Crippen LogP) is 2.14. The molecule has 0 atom stereocenters. The highest BCUT2D eigenvalue weighted by molar-refractivity contribution is 6.29. The maximum atomic E-state index is 12.8. The van der Waals surface area contributed by atoms with Crippen LogP contribution in [0.2, 0.25) is 5.15 Å². The van der Waals surface area contributed by atoms with Gasteiger partial charge in [0.2, 0.25) is 0 Å². The maximum absolute atomic E-state index is 12.8. The van der Waals surface area contributed by atoms with Gasteiger partial charge in [0.1, 0.15) is 5.82 Å². The number of hydrogen-bond acceptors (Lipinski definition) is 2. The standard InChI is InChI=1S/C7H8ClFN2/c1-3-5-10-4(2)6(9)7(8)11-5/h3H2,1-2H3. The van der Waals surface area contributed by atoms with E-state index in [4.69, 9.17) is 11.6 Å². The van der Waals surface area contributed by atoms with Gasteiger partial charge in [-0.3, -0.25) is 0 Å². The first-order valence-electron chi connectivity index (χ1n) is 3.33. The van der Waals surface area contributed by atoms with Crippen LogP contribution in [0.3, 0.4) is 0 Å². The predicted molar refractivity (Wildman–Crippen MR) is 41.1 cm³/mol. The van der Waals surface area contributed by atoms with E-state index in [1.807, 2.05) is 6.92 Å². The summed E-state index contributed by atoms with van der Waals surface area (Å²) in [6.07, 6.45) is 0.668. The van der Waals surface area contributed by atoms with Gasteiger partial charge in [0, 0.05) is 6.42 Å². The Bertz CT molecular complexity index is 252. The van der Waals surface area contributed by atoms with Crippen LogP contribution in [0.25, 0.3) is 0 Å². The lowest BCUT2D eigenvalue weighted by Gasteiger charge is -1.99. The topological polar surface area (TPSA) is 25.8 Å². The molecule has 0 unspecified atom stereocenters. The Morgan fingerprint density at radius 2 is 2.09 bits per heavy atom. The van der Waals surface area contributed by atoms with E-state index in [1.54, 1.807) is 6.92 Å². The van der Waals surface area contributed by atoms with Crippen LogP contribution < -0.4 is 0 Å². The molecule has 11 heavy (non-hydrogen) atoms. The van der Waals surface area contributed by atoms with Crippen molar-refractivity contribution in [3.8, 4) is 0 Å². The van der Waals surface area contributed by atoms with Gasteiger partial charge in [-0.2, -0.15) is 0 Å². The quantitative estimate of drug-likeness (QED) is 0.610. The van der Waals surface area contributed by atoms with Gasteiger partial charge in [0.25, 0.3) is 0 Å². The lowest BCUT2D eigenvalue weighted by molar-refractivity contribution is 0.597. The third-order valence-electron chi connectivity index (χ3n) is 1.34. The van der Waals surface area contributed by atoms with Crippen LogP contribution in [0, 0.1) is 12.7 Å². The van der Waals surface area contributed by atoms with E-state index in [-0.39, 0.29) is 5.15 Å². The van der Waals surface area contributed by atoms with E-state index < -0.39 is 5.82 Å². The van der Waals surface area contributed by atoms with Crippen LogP contribution in [0.1, 0.15) is 18.4 Å². The fraction of sp³-hybridized carbons (Fsp3) is 0.429. The minimum Gasteiger partial charge on any atom is -0.235 e. The average molecular weight is 175 g/mol. The van der Waals surface area contributed by atoms with Gasteiger partial charge in [-0.15, -0.1) is 0 Å². The molecule has 1 aromatic heterocycles. The van der Waals surface area contributed by atoms with Crippen LogP contribution in [0.4, 0.5) is 4.39 Å². The zero-order valence-corrected chi connectivity index (χ0v) is 7.11. The monoisotopic (exact) mass is 174 g/mol. The number of aromatic nitrogens is 2. The highest BCUT2D eigenvalue weighted by Crippen LogP contribution is 2.13. The van der Waals surface area contributed by atoms with E-state index in [9.17, 15) is 4.39 Å². The molecule has 0 amide bonds. The molecule has 0 bridgehead atoms. The van der Waals surface area contributed by atoms with Crippen LogP contribution in [0.5, 0.6) is 0 Å². The second-order valence-electron chi connectivity index (χ2n) is 2.18. The highest BCUT2D eigenvalue weighted by atomic mass is 35.5. The van der Waals surface area contributed by atoms with Gasteiger partial charge in [-0.05, 0) is 6.92 Å². The zero-order chi connectivity index (χ0) is 8.43. The molecule has 0 saturated heterocycles. The van der Waals surface area contributed by atoms with Gasteiger partial charge in [-0.25, -0.2) is 14.4 Å². The summed E-state index contributed by atoms with van der Waals surface area (Å²) in [7, 11) is 0. The minimum atomic E-state index is -0.524. The number of aryl methyl sites for hydroxylation is 2. The largest absolute Gasteiger partial charge is 0.235 e. The first-order valence-corrected chi connectivity index (χ1v) is 3.71. The Morgan fingerprint density at radius 1 is 1.45 bits per heavy atom.